The molecule has 1 aliphatic carbocycles. The Bertz CT molecular complexity index is 360. The van der Waals surface area contributed by atoms with Gasteiger partial charge in [-0.05, 0) is 37.8 Å². The fraction of sp³-hybridized carbons (Fsp3) is 0.500. The molecule has 1 saturated carbocycles. The van der Waals surface area contributed by atoms with Crippen molar-refractivity contribution in [1.29, 1.82) is 0 Å². The van der Waals surface area contributed by atoms with E-state index in [1.807, 2.05) is 37.3 Å². The van der Waals surface area contributed by atoms with Crippen LogP contribution in [-0.2, 0) is 9.53 Å². The summed E-state index contributed by atoms with van der Waals surface area (Å²) in [6, 6.07) is 9.79. The highest BCUT2D eigenvalue weighted by atomic mass is 16.5. The molecule has 1 fully saturated rings. The van der Waals surface area contributed by atoms with Crippen molar-refractivity contribution in [2.45, 2.75) is 25.9 Å². The standard InChI is InChI=1S/C14H19NO2/c1-11(13-5-3-2-4-6-13)17-14(16)10-15-9-12-7-8-12/h2-6,11-12,15H,7-10H2,1H3. The molecule has 1 aromatic rings. The van der Waals surface area contributed by atoms with Gasteiger partial charge in [0.15, 0.2) is 0 Å². The highest BCUT2D eigenvalue weighted by molar-refractivity contribution is 5.71. The Balaban J connectivity index is 1.69. The number of nitrogens with one attached hydrogen (secondary N) is 1. The van der Waals surface area contributed by atoms with Gasteiger partial charge < -0.3 is 10.1 Å². The number of rotatable bonds is 6. The van der Waals surface area contributed by atoms with E-state index >= 15 is 0 Å². The molecule has 3 nitrogen and oxygen atoms in total. The van der Waals surface area contributed by atoms with Crippen LogP contribution in [0.2, 0.25) is 0 Å². The van der Waals surface area contributed by atoms with Crippen LogP contribution in [-0.4, -0.2) is 19.1 Å². The van der Waals surface area contributed by atoms with Gasteiger partial charge in [-0.3, -0.25) is 4.79 Å². The Hall–Kier alpha value is -1.35. The lowest BCUT2D eigenvalue weighted by Crippen LogP contribution is -2.27. The minimum absolute atomic E-state index is 0.175. The third kappa shape index (κ3) is 4.19. The predicted molar refractivity (Wildman–Crippen MR) is 66.5 cm³/mol. The average molecular weight is 233 g/mol. The van der Waals surface area contributed by atoms with Crippen LogP contribution in [0.25, 0.3) is 0 Å². The molecular formula is C14H19NO2. The molecule has 0 heterocycles. The highest BCUT2D eigenvalue weighted by Gasteiger charge is 2.21. The quantitative estimate of drug-likeness (QED) is 0.766. The predicted octanol–water partition coefficient (Wildman–Crippen LogP) is 2.29. The monoisotopic (exact) mass is 233 g/mol. The molecule has 2 rings (SSSR count). The molecule has 0 saturated heterocycles. The van der Waals surface area contributed by atoms with Gasteiger partial charge in [0.05, 0.1) is 6.54 Å². The van der Waals surface area contributed by atoms with Gasteiger partial charge in [0.2, 0.25) is 0 Å². The number of carbonyl (C=O) groups is 1. The van der Waals surface area contributed by atoms with Gasteiger partial charge in [-0.25, -0.2) is 0 Å². The van der Waals surface area contributed by atoms with E-state index in [-0.39, 0.29) is 12.1 Å². The van der Waals surface area contributed by atoms with Crippen molar-refractivity contribution >= 4 is 5.97 Å². The molecule has 1 aromatic carbocycles. The van der Waals surface area contributed by atoms with Crippen molar-refractivity contribution in [3.05, 3.63) is 35.9 Å². The zero-order valence-corrected chi connectivity index (χ0v) is 10.2. The number of hydrogen-bond acceptors (Lipinski definition) is 3. The number of hydrogen-bond donors (Lipinski definition) is 1. The van der Waals surface area contributed by atoms with Gasteiger partial charge in [0, 0.05) is 0 Å². The van der Waals surface area contributed by atoms with Crippen LogP contribution in [0.3, 0.4) is 0 Å². The van der Waals surface area contributed by atoms with Crippen LogP contribution in [0.15, 0.2) is 30.3 Å². The van der Waals surface area contributed by atoms with E-state index in [0.717, 1.165) is 18.0 Å². The lowest BCUT2D eigenvalue weighted by atomic mass is 10.1. The summed E-state index contributed by atoms with van der Waals surface area (Å²) in [6.07, 6.45) is 2.41. The first-order chi connectivity index (χ1) is 8.25. The maximum Gasteiger partial charge on any atom is 0.320 e. The molecule has 0 bridgehead atoms. The van der Waals surface area contributed by atoms with Crippen LogP contribution >= 0.6 is 0 Å². The molecule has 1 aliphatic rings. The largest absolute Gasteiger partial charge is 0.457 e. The van der Waals surface area contributed by atoms with Crippen LogP contribution in [0.1, 0.15) is 31.4 Å². The zero-order valence-electron chi connectivity index (χ0n) is 10.2. The first-order valence-corrected chi connectivity index (χ1v) is 6.21. The minimum Gasteiger partial charge on any atom is -0.457 e. The normalized spacial score (nSPS) is 16.5. The number of carbonyl (C=O) groups excluding carboxylic acids is 1. The third-order valence-electron chi connectivity index (χ3n) is 2.98. The molecule has 0 amide bonds. The first kappa shape index (κ1) is 12.1. The zero-order chi connectivity index (χ0) is 12.1. The second-order valence-corrected chi connectivity index (χ2v) is 4.62. The van der Waals surface area contributed by atoms with Crippen molar-refractivity contribution in [2.24, 2.45) is 5.92 Å². The Labute approximate surface area is 102 Å². The van der Waals surface area contributed by atoms with Crippen LogP contribution in [0.4, 0.5) is 0 Å². The van der Waals surface area contributed by atoms with Gasteiger partial charge in [0.25, 0.3) is 0 Å². The van der Waals surface area contributed by atoms with E-state index in [4.69, 9.17) is 4.74 Å². The average Bonchev–Trinajstić information content (AvgIpc) is 3.14. The Morgan fingerprint density at radius 3 is 2.76 bits per heavy atom. The van der Waals surface area contributed by atoms with Crippen molar-refractivity contribution in [3.63, 3.8) is 0 Å². The van der Waals surface area contributed by atoms with Crippen molar-refractivity contribution < 1.29 is 9.53 Å². The fourth-order valence-electron chi connectivity index (χ4n) is 1.73. The van der Waals surface area contributed by atoms with Gasteiger partial charge >= 0.3 is 5.97 Å². The molecule has 0 radical (unpaired) electrons. The second-order valence-electron chi connectivity index (χ2n) is 4.62. The maximum absolute atomic E-state index is 11.5. The van der Waals surface area contributed by atoms with Gasteiger partial charge in [-0.2, -0.15) is 0 Å². The SMILES string of the molecule is CC(OC(=O)CNCC1CC1)c1ccccc1. The smallest absolute Gasteiger partial charge is 0.320 e. The molecule has 92 valence electrons. The van der Waals surface area contributed by atoms with Crippen molar-refractivity contribution in [1.82, 2.24) is 5.32 Å². The lowest BCUT2D eigenvalue weighted by molar-refractivity contribution is -0.147. The van der Waals surface area contributed by atoms with Crippen LogP contribution < -0.4 is 5.32 Å². The molecule has 1 N–H and O–H groups in total. The molecule has 3 heteroatoms. The van der Waals surface area contributed by atoms with E-state index in [1.54, 1.807) is 0 Å². The maximum atomic E-state index is 11.5. The molecular weight excluding hydrogens is 214 g/mol. The van der Waals surface area contributed by atoms with E-state index in [1.165, 1.54) is 12.8 Å². The van der Waals surface area contributed by atoms with E-state index < -0.39 is 0 Å². The van der Waals surface area contributed by atoms with E-state index in [9.17, 15) is 4.79 Å². The highest BCUT2D eigenvalue weighted by Crippen LogP contribution is 2.27. The summed E-state index contributed by atoms with van der Waals surface area (Å²) in [6.45, 7) is 3.15. The molecule has 1 atom stereocenters. The van der Waals surface area contributed by atoms with Crippen molar-refractivity contribution in [2.75, 3.05) is 13.1 Å². The number of ether oxygens (including phenoxy) is 1. The topological polar surface area (TPSA) is 38.3 Å². The summed E-state index contributed by atoms with van der Waals surface area (Å²) in [4.78, 5) is 11.5. The first-order valence-electron chi connectivity index (χ1n) is 6.21. The summed E-state index contributed by atoms with van der Waals surface area (Å²) in [5, 5.41) is 3.13. The molecule has 1 unspecified atom stereocenters. The minimum atomic E-state index is -0.179. The number of esters is 1. The summed E-state index contributed by atoms with van der Waals surface area (Å²) >= 11 is 0. The Morgan fingerprint density at radius 2 is 2.12 bits per heavy atom. The third-order valence-corrected chi connectivity index (χ3v) is 2.98. The second kappa shape index (κ2) is 5.82. The molecule has 0 aliphatic heterocycles. The van der Waals surface area contributed by atoms with E-state index in [0.29, 0.717) is 6.54 Å². The van der Waals surface area contributed by atoms with E-state index in [2.05, 4.69) is 5.32 Å². The summed E-state index contributed by atoms with van der Waals surface area (Å²) < 4.78 is 5.34. The number of benzene rings is 1. The van der Waals surface area contributed by atoms with Gasteiger partial charge in [-0.1, -0.05) is 30.3 Å². The lowest BCUT2D eigenvalue weighted by Gasteiger charge is -2.13. The molecule has 0 aromatic heterocycles. The van der Waals surface area contributed by atoms with Gasteiger partial charge in [-0.15, -0.1) is 0 Å². The summed E-state index contributed by atoms with van der Waals surface area (Å²) in [7, 11) is 0. The summed E-state index contributed by atoms with van der Waals surface area (Å²) in [5.41, 5.74) is 1.03. The Kier molecular flexibility index (Phi) is 4.15. The molecule has 0 spiro atoms. The molecule has 17 heavy (non-hydrogen) atoms. The Morgan fingerprint density at radius 1 is 1.41 bits per heavy atom. The fourth-order valence-corrected chi connectivity index (χ4v) is 1.73. The summed E-state index contributed by atoms with van der Waals surface area (Å²) in [5.74, 6) is 0.608. The van der Waals surface area contributed by atoms with Crippen LogP contribution in [0.5, 0.6) is 0 Å². The van der Waals surface area contributed by atoms with Gasteiger partial charge in [0.1, 0.15) is 6.10 Å². The van der Waals surface area contributed by atoms with Crippen molar-refractivity contribution in [3.8, 4) is 0 Å². The van der Waals surface area contributed by atoms with Crippen LogP contribution in [0, 0.1) is 5.92 Å².